The molecule has 0 fully saturated rings. The molecule has 3 aromatic rings. The topological polar surface area (TPSA) is 109 Å². The summed E-state index contributed by atoms with van der Waals surface area (Å²) in [6, 6.07) is 5.53. The number of aromatic amines is 1. The average Bonchev–Trinajstić information content (AvgIpc) is 3.28. The van der Waals surface area contributed by atoms with Crippen molar-refractivity contribution in [3.8, 4) is 0 Å². The van der Waals surface area contributed by atoms with Crippen LogP contribution in [0.4, 0.5) is 0 Å². The number of imidazole rings is 1. The normalized spacial score (nSPS) is 13.8. The van der Waals surface area contributed by atoms with E-state index in [2.05, 4.69) is 25.4 Å². The molecule has 0 atom stereocenters. The third-order valence-electron chi connectivity index (χ3n) is 4.56. The quantitative estimate of drug-likeness (QED) is 0.717. The molecule has 2 N–H and O–H groups in total. The molecule has 0 saturated heterocycles. The highest BCUT2D eigenvalue weighted by Gasteiger charge is 2.24. The summed E-state index contributed by atoms with van der Waals surface area (Å²) in [5, 5.41) is 7.34. The van der Waals surface area contributed by atoms with Gasteiger partial charge in [-0.25, -0.2) is 9.97 Å². The first kappa shape index (κ1) is 17.2. The zero-order chi connectivity index (χ0) is 19.0. The predicted molar refractivity (Wildman–Crippen MR) is 97.5 cm³/mol. The van der Waals surface area contributed by atoms with Crippen molar-refractivity contribution in [3.63, 3.8) is 0 Å². The zero-order valence-corrected chi connectivity index (χ0v) is 15.3. The van der Waals surface area contributed by atoms with E-state index in [-0.39, 0.29) is 23.6 Å². The summed E-state index contributed by atoms with van der Waals surface area (Å²) in [5.74, 6) is 0.0456. The van der Waals surface area contributed by atoms with Crippen LogP contribution in [-0.2, 0) is 24.4 Å². The van der Waals surface area contributed by atoms with E-state index in [4.69, 9.17) is 0 Å². The van der Waals surface area contributed by atoms with Crippen molar-refractivity contribution in [1.82, 2.24) is 34.9 Å². The Kier molecular flexibility index (Phi) is 4.35. The van der Waals surface area contributed by atoms with Crippen LogP contribution in [0.2, 0.25) is 0 Å². The smallest absolute Gasteiger partial charge is 0.287 e. The largest absolute Gasteiger partial charge is 0.344 e. The van der Waals surface area contributed by atoms with Crippen molar-refractivity contribution in [2.45, 2.75) is 33.5 Å². The molecule has 1 aliphatic heterocycles. The maximum atomic E-state index is 12.3. The number of hydrogen-bond donors (Lipinski definition) is 2. The summed E-state index contributed by atoms with van der Waals surface area (Å²) in [6.45, 7) is 5.97. The van der Waals surface area contributed by atoms with Gasteiger partial charge in [-0.2, -0.15) is 5.10 Å². The van der Waals surface area contributed by atoms with Gasteiger partial charge in [0.15, 0.2) is 11.5 Å². The lowest BCUT2D eigenvalue weighted by molar-refractivity contribution is -0.136. The molecule has 9 nitrogen and oxygen atoms in total. The van der Waals surface area contributed by atoms with Crippen LogP contribution in [0.15, 0.2) is 24.4 Å². The monoisotopic (exact) mass is 367 g/mol. The number of pyridine rings is 1. The van der Waals surface area contributed by atoms with Crippen molar-refractivity contribution in [3.05, 3.63) is 41.6 Å². The van der Waals surface area contributed by atoms with Crippen molar-refractivity contribution in [2.24, 2.45) is 5.92 Å². The van der Waals surface area contributed by atoms with Gasteiger partial charge >= 0.3 is 0 Å². The predicted octanol–water partition coefficient (Wildman–Crippen LogP) is 1.08. The Balaban J connectivity index is 1.41. The fourth-order valence-electron chi connectivity index (χ4n) is 3.17. The van der Waals surface area contributed by atoms with Gasteiger partial charge in [0.2, 0.25) is 5.91 Å². The molecule has 0 saturated carbocycles. The van der Waals surface area contributed by atoms with Crippen LogP contribution in [0.25, 0.3) is 11.2 Å². The number of amides is 2. The molecule has 0 spiro atoms. The first-order valence-corrected chi connectivity index (χ1v) is 8.94. The molecule has 3 aromatic heterocycles. The fraction of sp³-hybridized carbons (Fsp3) is 0.389. The van der Waals surface area contributed by atoms with Gasteiger partial charge in [0.25, 0.3) is 5.91 Å². The number of rotatable bonds is 4. The molecule has 0 radical (unpaired) electrons. The van der Waals surface area contributed by atoms with Crippen molar-refractivity contribution in [1.29, 1.82) is 0 Å². The fourth-order valence-corrected chi connectivity index (χ4v) is 3.17. The Labute approximate surface area is 155 Å². The SMILES string of the molecule is CC(C)C(=O)N1CCn2nc(CNC(=O)c3nc4ncccc4[nH]3)cc2C1. The molecule has 0 bridgehead atoms. The Bertz CT molecular complexity index is 971. The number of nitrogens with zero attached hydrogens (tertiary/aromatic N) is 5. The van der Waals surface area contributed by atoms with E-state index in [1.165, 1.54) is 0 Å². The van der Waals surface area contributed by atoms with Gasteiger partial charge in [0, 0.05) is 18.7 Å². The molecule has 4 rings (SSSR count). The Hall–Kier alpha value is -3.23. The molecule has 27 heavy (non-hydrogen) atoms. The molecule has 0 unspecified atom stereocenters. The van der Waals surface area contributed by atoms with E-state index >= 15 is 0 Å². The van der Waals surface area contributed by atoms with Crippen molar-refractivity contribution in [2.75, 3.05) is 6.54 Å². The average molecular weight is 367 g/mol. The summed E-state index contributed by atoms with van der Waals surface area (Å²) in [7, 11) is 0. The first-order chi connectivity index (χ1) is 13.0. The summed E-state index contributed by atoms with van der Waals surface area (Å²) in [6.07, 6.45) is 1.63. The van der Waals surface area contributed by atoms with Crippen molar-refractivity contribution >= 4 is 23.0 Å². The summed E-state index contributed by atoms with van der Waals surface area (Å²) in [4.78, 5) is 37.6. The second-order valence-electron chi connectivity index (χ2n) is 6.91. The number of carbonyl (C=O) groups is 2. The number of carbonyl (C=O) groups excluding carboxylic acids is 2. The highest BCUT2D eigenvalue weighted by atomic mass is 16.2. The van der Waals surface area contributed by atoms with Crippen LogP contribution >= 0.6 is 0 Å². The molecule has 1 aliphatic rings. The van der Waals surface area contributed by atoms with Gasteiger partial charge < -0.3 is 15.2 Å². The highest BCUT2D eigenvalue weighted by Crippen LogP contribution is 2.16. The lowest BCUT2D eigenvalue weighted by Gasteiger charge is -2.29. The second-order valence-corrected chi connectivity index (χ2v) is 6.91. The van der Waals surface area contributed by atoms with E-state index in [1.54, 1.807) is 12.3 Å². The number of hydrogen-bond acceptors (Lipinski definition) is 5. The van der Waals surface area contributed by atoms with E-state index in [0.717, 1.165) is 16.9 Å². The third kappa shape index (κ3) is 3.40. The standard InChI is InChI=1S/C18H21N7O2/c1-11(2)18(27)24-6-7-25-13(10-24)8-12(23-25)9-20-17(26)16-21-14-4-3-5-19-15(14)22-16/h3-5,8,11H,6-7,9-10H2,1-2H3,(H,20,26)(H,19,21,22). The van der Waals surface area contributed by atoms with Crippen LogP contribution in [0.5, 0.6) is 0 Å². The molecule has 140 valence electrons. The second kappa shape index (κ2) is 6.82. The number of H-pyrrole nitrogens is 1. The van der Waals surface area contributed by atoms with Gasteiger partial charge in [-0.1, -0.05) is 13.8 Å². The molecule has 9 heteroatoms. The Morgan fingerprint density at radius 3 is 2.96 bits per heavy atom. The first-order valence-electron chi connectivity index (χ1n) is 8.94. The maximum Gasteiger partial charge on any atom is 0.287 e. The van der Waals surface area contributed by atoms with Crippen LogP contribution in [-0.4, -0.2) is 48.0 Å². The zero-order valence-electron chi connectivity index (χ0n) is 15.3. The molecular formula is C18H21N7O2. The van der Waals surface area contributed by atoms with Crippen LogP contribution in [0.3, 0.4) is 0 Å². The molecule has 0 aliphatic carbocycles. The molecule has 0 aromatic carbocycles. The lowest BCUT2D eigenvalue weighted by atomic mass is 10.1. The maximum absolute atomic E-state index is 12.3. The lowest BCUT2D eigenvalue weighted by Crippen LogP contribution is -2.40. The van der Waals surface area contributed by atoms with Gasteiger partial charge in [-0.3, -0.25) is 14.3 Å². The molecule has 4 heterocycles. The summed E-state index contributed by atoms with van der Waals surface area (Å²) < 4.78 is 1.90. The van der Waals surface area contributed by atoms with Crippen LogP contribution in [0.1, 0.15) is 35.9 Å². The Morgan fingerprint density at radius 2 is 2.19 bits per heavy atom. The van der Waals surface area contributed by atoms with E-state index in [0.29, 0.717) is 31.8 Å². The number of fused-ring (bicyclic) bond motifs is 2. The van der Waals surface area contributed by atoms with E-state index in [9.17, 15) is 9.59 Å². The van der Waals surface area contributed by atoms with Gasteiger partial charge in [0.1, 0.15) is 0 Å². The van der Waals surface area contributed by atoms with Gasteiger partial charge in [-0.05, 0) is 18.2 Å². The number of aromatic nitrogens is 5. The van der Waals surface area contributed by atoms with Crippen LogP contribution < -0.4 is 5.32 Å². The summed E-state index contributed by atoms with van der Waals surface area (Å²) >= 11 is 0. The van der Waals surface area contributed by atoms with Crippen LogP contribution in [0, 0.1) is 5.92 Å². The van der Waals surface area contributed by atoms with Gasteiger partial charge in [-0.15, -0.1) is 0 Å². The molecular weight excluding hydrogens is 346 g/mol. The van der Waals surface area contributed by atoms with Gasteiger partial charge in [0.05, 0.1) is 36.5 Å². The summed E-state index contributed by atoms with van der Waals surface area (Å²) in [5.41, 5.74) is 2.96. The minimum Gasteiger partial charge on any atom is -0.344 e. The minimum absolute atomic E-state index is 0.0171. The third-order valence-corrected chi connectivity index (χ3v) is 4.56. The Morgan fingerprint density at radius 1 is 1.33 bits per heavy atom. The van der Waals surface area contributed by atoms with E-state index < -0.39 is 0 Å². The van der Waals surface area contributed by atoms with Crippen molar-refractivity contribution < 1.29 is 9.59 Å². The van der Waals surface area contributed by atoms with E-state index in [1.807, 2.05) is 35.6 Å². The highest BCUT2D eigenvalue weighted by molar-refractivity contribution is 5.93. The minimum atomic E-state index is -0.310. The number of nitrogens with one attached hydrogen (secondary N) is 2. The molecule has 2 amide bonds.